The Balaban J connectivity index is 2.42. The lowest BCUT2D eigenvalue weighted by Crippen LogP contribution is -2.17. The second-order valence-electron chi connectivity index (χ2n) is 5.50. The van der Waals surface area contributed by atoms with Crippen molar-refractivity contribution in [3.63, 3.8) is 0 Å². The molecule has 0 spiro atoms. The average Bonchev–Trinajstić information content (AvgIpc) is 2.52. The number of carbonyl (C=O) groups is 1. The van der Waals surface area contributed by atoms with Crippen molar-refractivity contribution in [2.45, 2.75) is 25.7 Å². The Kier molecular flexibility index (Phi) is 6.24. The highest BCUT2D eigenvalue weighted by Crippen LogP contribution is 2.41. The molecule has 0 aliphatic carbocycles. The minimum absolute atomic E-state index is 0.0241. The fourth-order valence-corrected chi connectivity index (χ4v) is 4.18. The van der Waals surface area contributed by atoms with Gasteiger partial charge in [-0.05, 0) is 56.1 Å². The molecular weight excluding hydrogens is 483 g/mol. The van der Waals surface area contributed by atoms with E-state index in [0.717, 1.165) is 0 Å². The summed E-state index contributed by atoms with van der Waals surface area (Å²) in [7, 11) is 0. The van der Waals surface area contributed by atoms with E-state index in [1.165, 1.54) is 0 Å². The van der Waals surface area contributed by atoms with E-state index in [1.54, 1.807) is 38.1 Å². The molecule has 7 heteroatoms. The van der Waals surface area contributed by atoms with Crippen LogP contribution in [-0.4, -0.2) is 16.0 Å². The fraction of sp³-hybridized carbons (Fsp3) is 0.235. The molecule has 2 unspecified atom stereocenters. The van der Waals surface area contributed by atoms with Crippen molar-refractivity contribution in [2.24, 2.45) is 0 Å². The normalized spacial score (nSPS) is 13.6. The second kappa shape index (κ2) is 7.65. The lowest BCUT2D eigenvalue weighted by Gasteiger charge is -2.20. The molecule has 2 aromatic rings. The summed E-state index contributed by atoms with van der Waals surface area (Å²) in [5.41, 5.74) is 0.846. The number of hydrogen-bond donors (Lipinski definition) is 2. The van der Waals surface area contributed by atoms with Gasteiger partial charge in [-0.1, -0.05) is 37.0 Å². The van der Waals surface area contributed by atoms with Crippen molar-refractivity contribution in [3.8, 4) is 11.5 Å². The smallest absolute Gasteiger partial charge is 0.147 e. The van der Waals surface area contributed by atoms with Crippen molar-refractivity contribution in [3.05, 3.63) is 54.4 Å². The van der Waals surface area contributed by atoms with Crippen LogP contribution in [0.15, 0.2) is 33.2 Å². The third-order valence-corrected chi connectivity index (χ3v) is 5.55. The zero-order chi connectivity index (χ0) is 18.2. The quantitative estimate of drug-likeness (QED) is 0.514. The van der Waals surface area contributed by atoms with Crippen molar-refractivity contribution >= 4 is 60.8 Å². The van der Waals surface area contributed by atoms with Crippen molar-refractivity contribution in [1.29, 1.82) is 0 Å². The number of phenols is 2. The monoisotopic (exact) mass is 494 g/mol. The first kappa shape index (κ1) is 19.6. The van der Waals surface area contributed by atoms with E-state index in [-0.39, 0.29) is 17.3 Å². The van der Waals surface area contributed by atoms with Gasteiger partial charge in [0.2, 0.25) is 0 Å². The molecule has 2 aromatic carbocycles. The minimum atomic E-state index is -0.618. The summed E-state index contributed by atoms with van der Waals surface area (Å²) in [5.74, 6) is -1.46. The average molecular weight is 497 g/mol. The molecule has 0 fully saturated rings. The fourth-order valence-electron chi connectivity index (χ4n) is 2.51. The van der Waals surface area contributed by atoms with Crippen LogP contribution >= 0.6 is 55.1 Å². The molecule has 0 amide bonds. The maximum atomic E-state index is 12.9. The number of carbonyl (C=O) groups excluding carboxylic acids is 1. The molecule has 0 heterocycles. The number of aromatic hydroxyl groups is 2. The number of Topliss-reactive ketones (excluding diaryl/α,β-unsaturated/α-hetero) is 1. The Morgan fingerprint density at radius 2 is 1.21 bits per heavy atom. The van der Waals surface area contributed by atoms with Gasteiger partial charge in [-0.2, -0.15) is 0 Å². The zero-order valence-corrected chi connectivity index (χ0v) is 17.5. The summed E-state index contributed by atoms with van der Waals surface area (Å²) in [4.78, 5) is 12.9. The highest BCUT2D eigenvalue weighted by molar-refractivity contribution is 9.10. The van der Waals surface area contributed by atoms with Crippen LogP contribution in [0.5, 0.6) is 11.5 Å². The molecular formula is C17H14Br2Cl2O3. The van der Waals surface area contributed by atoms with Gasteiger partial charge in [0, 0.05) is 33.0 Å². The van der Waals surface area contributed by atoms with Gasteiger partial charge < -0.3 is 10.2 Å². The van der Waals surface area contributed by atoms with Gasteiger partial charge in [0.15, 0.2) is 0 Å². The van der Waals surface area contributed by atoms with Gasteiger partial charge >= 0.3 is 0 Å². The first-order valence-corrected chi connectivity index (χ1v) is 9.37. The molecule has 0 aliphatic rings. The summed E-state index contributed by atoms with van der Waals surface area (Å²) in [5, 5.41) is 21.2. The van der Waals surface area contributed by atoms with E-state index < -0.39 is 11.8 Å². The van der Waals surface area contributed by atoms with Gasteiger partial charge in [-0.25, -0.2) is 0 Å². The van der Waals surface area contributed by atoms with Crippen LogP contribution in [0.1, 0.15) is 36.8 Å². The van der Waals surface area contributed by atoms with E-state index in [0.29, 0.717) is 30.1 Å². The summed E-state index contributed by atoms with van der Waals surface area (Å²) in [6, 6.07) is 6.23. The van der Waals surface area contributed by atoms with Crippen LogP contribution in [0.4, 0.5) is 0 Å². The Morgan fingerprint density at radius 3 is 1.54 bits per heavy atom. The van der Waals surface area contributed by atoms with E-state index in [9.17, 15) is 15.0 Å². The highest BCUT2D eigenvalue weighted by Gasteiger charge is 2.28. The number of rotatable bonds is 4. The van der Waals surface area contributed by atoms with Crippen LogP contribution < -0.4 is 0 Å². The molecule has 2 rings (SSSR count). The van der Waals surface area contributed by atoms with Crippen LogP contribution in [0.25, 0.3) is 0 Å². The molecule has 0 aromatic heterocycles. The summed E-state index contributed by atoms with van der Waals surface area (Å²) in [6.45, 7) is 3.38. The SMILES string of the molecule is CC(C(=O)C(C)c1cc(Cl)cc(Br)c1O)c1cc(Cl)cc(Br)c1O. The molecule has 128 valence electrons. The van der Waals surface area contributed by atoms with E-state index in [4.69, 9.17) is 23.2 Å². The second-order valence-corrected chi connectivity index (χ2v) is 8.08. The van der Waals surface area contributed by atoms with Crippen molar-refractivity contribution in [2.75, 3.05) is 0 Å². The van der Waals surface area contributed by atoms with Crippen LogP contribution in [0, 0.1) is 0 Å². The Morgan fingerprint density at radius 1 is 0.875 bits per heavy atom. The molecule has 0 saturated carbocycles. The Bertz CT molecular complexity index is 743. The molecule has 0 bridgehead atoms. The van der Waals surface area contributed by atoms with Gasteiger partial charge in [-0.15, -0.1) is 0 Å². The minimum Gasteiger partial charge on any atom is -0.506 e. The zero-order valence-electron chi connectivity index (χ0n) is 12.8. The lowest BCUT2D eigenvalue weighted by atomic mass is 9.85. The maximum Gasteiger partial charge on any atom is 0.147 e. The predicted octanol–water partition coefficient (Wildman–Crippen LogP) is 6.41. The van der Waals surface area contributed by atoms with E-state index in [2.05, 4.69) is 31.9 Å². The summed E-state index contributed by atoms with van der Waals surface area (Å²) in [6.07, 6.45) is 0. The molecule has 2 atom stereocenters. The summed E-state index contributed by atoms with van der Waals surface area (Å²) < 4.78 is 0.844. The Labute approximate surface area is 166 Å². The van der Waals surface area contributed by atoms with Crippen molar-refractivity contribution < 1.29 is 15.0 Å². The standard InChI is InChI=1S/C17H14Br2Cl2O3/c1-7(11-3-9(20)5-13(18)16(11)23)15(22)8(2)12-4-10(21)6-14(19)17(12)24/h3-8,23-24H,1-2H3. The number of phenolic OH excluding ortho intramolecular Hbond substituents is 2. The number of hydrogen-bond acceptors (Lipinski definition) is 3. The van der Waals surface area contributed by atoms with Crippen molar-refractivity contribution in [1.82, 2.24) is 0 Å². The van der Waals surface area contributed by atoms with Gasteiger partial charge in [0.05, 0.1) is 8.95 Å². The molecule has 0 aliphatic heterocycles. The number of benzene rings is 2. The lowest BCUT2D eigenvalue weighted by molar-refractivity contribution is -0.121. The Hall–Kier alpha value is -0.750. The van der Waals surface area contributed by atoms with Crippen LogP contribution in [-0.2, 0) is 4.79 Å². The predicted molar refractivity (Wildman–Crippen MR) is 103 cm³/mol. The first-order valence-electron chi connectivity index (χ1n) is 7.03. The van der Waals surface area contributed by atoms with Gasteiger partial charge in [-0.3, -0.25) is 4.79 Å². The maximum absolute atomic E-state index is 12.9. The van der Waals surface area contributed by atoms with Crippen LogP contribution in [0.2, 0.25) is 10.0 Å². The van der Waals surface area contributed by atoms with E-state index in [1.807, 2.05) is 0 Å². The molecule has 2 N–H and O–H groups in total. The molecule has 3 nitrogen and oxygen atoms in total. The largest absolute Gasteiger partial charge is 0.506 e. The molecule has 0 saturated heterocycles. The number of ketones is 1. The van der Waals surface area contributed by atoms with Gasteiger partial charge in [0.1, 0.15) is 17.3 Å². The molecule has 0 radical (unpaired) electrons. The van der Waals surface area contributed by atoms with Crippen LogP contribution in [0.3, 0.4) is 0 Å². The number of halogens is 4. The third kappa shape index (κ3) is 3.90. The third-order valence-electron chi connectivity index (χ3n) is 3.90. The highest BCUT2D eigenvalue weighted by atomic mass is 79.9. The van der Waals surface area contributed by atoms with Gasteiger partial charge in [0.25, 0.3) is 0 Å². The first-order chi connectivity index (χ1) is 11.1. The summed E-state index contributed by atoms with van der Waals surface area (Å²) >= 11 is 18.5. The molecule has 24 heavy (non-hydrogen) atoms. The van der Waals surface area contributed by atoms with E-state index >= 15 is 0 Å². The topological polar surface area (TPSA) is 57.5 Å².